The molecule has 3 heterocycles. The van der Waals surface area contributed by atoms with E-state index < -0.39 is 84.6 Å². The molecule has 0 spiro atoms. The van der Waals surface area contributed by atoms with E-state index in [0.717, 1.165) is 73.9 Å². The summed E-state index contributed by atoms with van der Waals surface area (Å²) < 4.78 is 62.4. The monoisotopic (exact) mass is 1070 g/mol. The van der Waals surface area contributed by atoms with Gasteiger partial charge < -0.3 is 50.9 Å². The summed E-state index contributed by atoms with van der Waals surface area (Å²) in [6.45, 7) is 2.79. The van der Waals surface area contributed by atoms with Gasteiger partial charge in [-0.2, -0.15) is 4.31 Å². The zero-order valence-electron chi connectivity index (χ0n) is 39.1. The standard InChI is InChI=1S/C39H68N7O17P3S.K/c1-4-5-6-7-8-9-10-11-12-13-14-15-16-17-18-19-30(48)67-23-22-41-29(47)20-21-42-37(51)34(50)39(2,3)25-60-66(57,58)63-65(55,56)59-24-28-33(62-64(52,53)54)32(49)38(61-28)46-27-45-31-35(40)43-26-44-36(31)46;/h11-12,26-28,32-34,38,49-50H,4-10,13-25H2,1-3H3,(H,41,47)(H,42,51)(H,55,56)(H,57,58)(H2,40,43,44)(H2,52,53,54);. The number of ether oxygens (including phenoxy) is 1. The van der Waals surface area contributed by atoms with Crippen LogP contribution in [0.15, 0.2) is 24.8 Å². The fraction of sp³-hybridized carbons (Fsp3) is 0.744. The molecule has 0 aliphatic carbocycles. The Balaban J connectivity index is 0.0000159. The molecule has 1 fully saturated rings. The molecule has 0 saturated carbocycles. The smallest absolute Gasteiger partial charge is 0.386 e. The van der Waals surface area contributed by atoms with Gasteiger partial charge in [-0.1, -0.05) is 96.1 Å². The van der Waals surface area contributed by atoms with Crippen LogP contribution in [0, 0.1) is 5.41 Å². The Morgan fingerprint density at radius 1 is 0.897 bits per heavy atom. The van der Waals surface area contributed by atoms with E-state index in [1.807, 2.05) is 0 Å². The van der Waals surface area contributed by atoms with Gasteiger partial charge in [-0.15, -0.1) is 0 Å². The summed E-state index contributed by atoms with van der Waals surface area (Å²) in [4.78, 5) is 88.3. The number of nitrogens with zero attached hydrogens (tertiary/aromatic N) is 4. The average molecular weight is 1070 g/mol. The second-order valence-corrected chi connectivity index (χ2v) is 22.0. The molecule has 1 saturated heterocycles. The molecule has 2 amide bonds. The first-order valence-corrected chi connectivity index (χ1v) is 27.8. The van der Waals surface area contributed by atoms with Crippen LogP contribution in [0.1, 0.15) is 123 Å². The number of anilines is 1. The van der Waals surface area contributed by atoms with E-state index in [0.29, 0.717) is 12.2 Å². The number of aliphatic hydroxyl groups is 2. The number of thioether (sulfide) groups is 1. The van der Waals surface area contributed by atoms with E-state index >= 15 is 0 Å². The van der Waals surface area contributed by atoms with Crippen molar-refractivity contribution in [2.45, 2.75) is 148 Å². The third-order valence-electron chi connectivity index (χ3n) is 10.4. The van der Waals surface area contributed by atoms with Gasteiger partial charge in [0.15, 0.2) is 22.8 Å². The van der Waals surface area contributed by atoms with Gasteiger partial charge in [0.25, 0.3) is 0 Å². The van der Waals surface area contributed by atoms with Crippen LogP contribution in [0.2, 0.25) is 0 Å². The summed E-state index contributed by atoms with van der Waals surface area (Å²) >= 11 is 1.15. The molecule has 1 aliphatic heterocycles. The molecule has 7 unspecified atom stereocenters. The maximum absolute atomic E-state index is 12.7. The molecule has 68 heavy (non-hydrogen) atoms. The number of aliphatic hydroxyl groups excluding tert-OH is 2. The summed E-state index contributed by atoms with van der Waals surface area (Å²) in [5, 5.41) is 26.7. The van der Waals surface area contributed by atoms with Crippen LogP contribution >= 0.6 is 35.2 Å². The van der Waals surface area contributed by atoms with E-state index in [1.54, 1.807) is 0 Å². The van der Waals surface area contributed by atoms with E-state index in [1.165, 1.54) is 52.4 Å². The van der Waals surface area contributed by atoms with E-state index in [9.17, 15) is 57.9 Å². The Hall–Kier alpha value is -1.06. The fourth-order valence-corrected chi connectivity index (χ4v) is 10.3. The number of rotatable bonds is 34. The van der Waals surface area contributed by atoms with Crippen LogP contribution in [-0.2, 0) is 50.7 Å². The maximum atomic E-state index is 12.7. The number of fused-ring (bicyclic) bond motifs is 1. The second-order valence-electron chi connectivity index (χ2n) is 16.6. The molecular formula is C39H68KN7O17P3S. The minimum atomic E-state index is -5.58. The van der Waals surface area contributed by atoms with Crippen LogP contribution in [0.4, 0.5) is 5.82 Å². The zero-order valence-corrected chi connectivity index (χ0v) is 45.8. The molecule has 2 aromatic rings. The Bertz CT molecular complexity index is 2050. The van der Waals surface area contributed by atoms with E-state index in [4.69, 9.17) is 19.5 Å². The number of hydrogen-bond acceptors (Lipinski definition) is 18. The van der Waals surface area contributed by atoms with Crippen molar-refractivity contribution in [3.63, 3.8) is 0 Å². The molecule has 0 aromatic carbocycles. The van der Waals surface area contributed by atoms with Gasteiger partial charge in [0.1, 0.15) is 36.3 Å². The van der Waals surface area contributed by atoms with Crippen molar-refractivity contribution in [1.29, 1.82) is 0 Å². The summed E-state index contributed by atoms with van der Waals surface area (Å²) in [6, 6.07) is 0. The van der Waals surface area contributed by atoms with Gasteiger partial charge in [0, 0.05) is 88.5 Å². The van der Waals surface area contributed by atoms with Gasteiger partial charge in [0.05, 0.1) is 19.5 Å². The Kier molecular flexibility index (Phi) is 29.2. The van der Waals surface area contributed by atoms with Crippen molar-refractivity contribution in [1.82, 2.24) is 30.2 Å². The van der Waals surface area contributed by atoms with Crippen molar-refractivity contribution in [3.05, 3.63) is 24.8 Å². The van der Waals surface area contributed by atoms with Crippen molar-refractivity contribution in [3.8, 4) is 0 Å². The van der Waals surface area contributed by atoms with E-state index in [-0.39, 0.29) is 93.0 Å². The Morgan fingerprint density at radius 2 is 1.51 bits per heavy atom. The topological polar surface area (TPSA) is 364 Å². The number of nitrogens with one attached hydrogen (secondary N) is 2. The number of carbonyl (C=O) groups is 3. The van der Waals surface area contributed by atoms with Crippen molar-refractivity contribution < 1.29 is 80.5 Å². The first-order chi connectivity index (χ1) is 31.6. The van der Waals surface area contributed by atoms with E-state index in [2.05, 4.69) is 53.5 Å². The first kappa shape index (κ1) is 63.1. The van der Waals surface area contributed by atoms with Crippen molar-refractivity contribution >= 4 is 121 Å². The number of aromatic nitrogens is 4. The Labute approximate surface area is 443 Å². The van der Waals surface area contributed by atoms with Crippen LogP contribution < -0.4 is 16.4 Å². The third-order valence-corrected chi connectivity index (χ3v) is 14.4. The van der Waals surface area contributed by atoms with Gasteiger partial charge >= 0.3 is 23.5 Å². The van der Waals surface area contributed by atoms with Gasteiger partial charge in [-0.3, -0.25) is 32.5 Å². The molecule has 1 aliphatic rings. The zero-order chi connectivity index (χ0) is 49.7. The van der Waals surface area contributed by atoms with Gasteiger partial charge in [-0.05, 0) is 32.1 Å². The van der Waals surface area contributed by atoms with Crippen molar-refractivity contribution in [2.24, 2.45) is 5.41 Å². The normalized spacial score (nSPS) is 19.9. The predicted molar refractivity (Wildman–Crippen MR) is 252 cm³/mol. The SMILES string of the molecule is CCCCCCCCC=CCCCCCCCC(=O)SCCNC(=O)CCNC(=O)C(O)C(C)(C)COP(=O)(O)OP(=O)(O)OCC1OC(n2cnc3c(N)ncnc32)C(O)C1OP(=O)(O)O.[K]. The summed E-state index contributed by atoms with van der Waals surface area (Å²) in [7, 11) is -16.4. The summed E-state index contributed by atoms with van der Waals surface area (Å²) in [5.74, 6) is -1.03. The molecule has 1 radical (unpaired) electrons. The van der Waals surface area contributed by atoms with Crippen LogP contribution in [0.3, 0.4) is 0 Å². The number of imidazole rings is 1. The average Bonchev–Trinajstić information content (AvgIpc) is 3.81. The van der Waals surface area contributed by atoms with Gasteiger partial charge in [0.2, 0.25) is 11.8 Å². The molecular weight excluding hydrogens is 1000 g/mol. The number of nitrogens with two attached hydrogens (primary N) is 1. The molecule has 2 aromatic heterocycles. The second kappa shape index (κ2) is 31.5. The molecule has 0 bridgehead atoms. The minimum Gasteiger partial charge on any atom is -0.386 e. The summed E-state index contributed by atoms with van der Waals surface area (Å²) in [6.07, 6.45) is 13.5. The summed E-state index contributed by atoms with van der Waals surface area (Å²) in [5.41, 5.74) is 4.29. The first-order valence-electron chi connectivity index (χ1n) is 22.3. The molecule has 24 nitrogen and oxygen atoms in total. The number of unbranched alkanes of at least 4 members (excludes halogenated alkanes) is 11. The number of phosphoric acid groups is 3. The third kappa shape index (κ3) is 23.7. The number of phosphoric ester groups is 3. The van der Waals surface area contributed by atoms with Crippen LogP contribution in [0.25, 0.3) is 11.2 Å². The number of allylic oxidation sites excluding steroid dienone is 2. The molecule has 29 heteroatoms. The molecule has 7 atom stereocenters. The van der Waals surface area contributed by atoms with Crippen molar-refractivity contribution in [2.75, 3.05) is 37.8 Å². The van der Waals surface area contributed by atoms with Crippen LogP contribution in [-0.4, -0.2) is 174 Å². The maximum Gasteiger partial charge on any atom is 0.481 e. The largest absolute Gasteiger partial charge is 0.481 e. The number of amides is 2. The fourth-order valence-electron chi connectivity index (χ4n) is 6.71. The van der Waals surface area contributed by atoms with Gasteiger partial charge in [-0.25, -0.2) is 28.6 Å². The number of hydrogen-bond donors (Lipinski definition) is 9. The minimum absolute atomic E-state index is 0. The number of carbonyl (C=O) groups excluding carboxylic acids is 3. The molecule has 383 valence electrons. The Morgan fingerprint density at radius 3 is 2.16 bits per heavy atom. The molecule has 3 rings (SSSR count). The molecule has 10 N–H and O–H groups in total. The number of nitrogen functional groups attached to an aromatic ring is 1. The quantitative estimate of drug-likeness (QED) is 0.0204. The predicted octanol–water partition coefficient (Wildman–Crippen LogP) is 4.32. The van der Waals surface area contributed by atoms with Crippen LogP contribution in [0.5, 0.6) is 0 Å².